The van der Waals surface area contributed by atoms with Gasteiger partial charge in [0.1, 0.15) is 5.54 Å². The highest BCUT2D eigenvalue weighted by Crippen LogP contribution is 2.27. The predicted octanol–water partition coefficient (Wildman–Crippen LogP) is 3.92. The van der Waals surface area contributed by atoms with Crippen LogP contribution in [0.25, 0.3) is 0 Å². The van der Waals surface area contributed by atoms with Crippen molar-refractivity contribution in [2.24, 2.45) is 0 Å². The van der Waals surface area contributed by atoms with Crippen molar-refractivity contribution in [2.75, 3.05) is 5.75 Å². The minimum absolute atomic E-state index is 0.0505. The largest absolute Gasteiger partial charge is 0.337 e. The standard InChI is InChI=1S/C16H19ClN2OS/c17-14-6-4-5-13(9-14)10-21-11-15(20)19-16(12-18)7-2-1-3-8-16/h4-6,9H,1-3,7-8,10-11H2,(H,19,20). The second kappa shape index (κ2) is 7.72. The zero-order valence-corrected chi connectivity index (χ0v) is 13.5. The van der Waals surface area contributed by atoms with Gasteiger partial charge in [0.2, 0.25) is 5.91 Å². The van der Waals surface area contributed by atoms with Crippen LogP contribution in [0, 0.1) is 11.3 Å². The molecule has 1 fully saturated rings. The molecule has 1 aliphatic rings. The second-order valence-electron chi connectivity index (χ2n) is 5.43. The summed E-state index contributed by atoms with van der Waals surface area (Å²) in [6, 6.07) is 9.95. The SMILES string of the molecule is N#CC1(NC(=O)CSCc2cccc(Cl)c2)CCCCC1. The van der Waals surface area contributed by atoms with Gasteiger partial charge >= 0.3 is 0 Å². The number of rotatable bonds is 5. The van der Waals surface area contributed by atoms with E-state index in [0.29, 0.717) is 10.8 Å². The Labute approximate surface area is 135 Å². The van der Waals surface area contributed by atoms with E-state index in [4.69, 9.17) is 11.6 Å². The predicted molar refractivity (Wildman–Crippen MR) is 87.2 cm³/mol. The number of halogens is 1. The van der Waals surface area contributed by atoms with Crippen molar-refractivity contribution < 1.29 is 4.79 Å². The third-order valence-corrected chi connectivity index (χ3v) is 4.93. The zero-order valence-electron chi connectivity index (χ0n) is 11.9. The number of hydrogen-bond donors (Lipinski definition) is 1. The van der Waals surface area contributed by atoms with Crippen LogP contribution in [0.5, 0.6) is 0 Å². The molecule has 0 bridgehead atoms. The average Bonchev–Trinajstić information content (AvgIpc) is 2.48. The summed E-state index contributed by atoms with van der Waals surface area (Å²) in [6.07, 6.45) is 4.73. The highest BCUT2D eigenvalue weighted by Gasteiger charge is 2.33. The molecule has 1 N–H and O–H groups in total. The molecule has 5 heteroatoms. The number of benzene rings is 1. The number of amides is 1. The molecule has 1 aliphatic carbocycles. The highest BCUT2D eigenvalue weighted by atomic mass is 35.5. The maximum Gasteiger partial charge on any atom is 0.231 e. The molecule has 1 aromatic rings. The molecule has 0 radical (unpaired) electrons. The fourth-order valence-electron chi connectivity index (χ4n) is 2.61. The van der Waals surface area contributed by atoms with Gasteiger partial charge in [-0.25, -0.2) is 0 Å². The van der Waals surface area contributed by atoms with Crippen molar-refractivity contribution in [2.45, 2.75) is 43.4 Å². The lowest BCUT2D eigenvalue weighted by Crippen LogP contribution is -2.49. The van der Waals surface area contributed by atoms with Crippen LogP contribution in [0.15, 0.2) is 24.3 Å². The Bertz CT molecular complexity index is 535. The average molecular weight is 323 g/mol. The van der Waals surface area contributed by atoms with E-state index in [1.54, 1.807) is 11.8 Å². The molecule has 1 amide bonds. The maximum absolute atomic E-state index is 12.0. The zero-order chi connectivity index (χ0) is 15.1. The van der Waals surface area contributed by atoms with Crippen LogP contribution in [-0.2, 0) is 10.5 Å². The van der Waals surface area contributed by atoms with E-state index in [-0.39, 0.29) is 5.91 Å². The van der Waals surface area contributed by atoms with Gasteiger partial charge in [-0.15, -0.1) is 11.8 Å². The number of nitriles is 1. The summed E-state index contributed by atoms with van der Waals surface area (Å²) >= 11 is 7.47. The molecule has 0 aliphatic heterocycles. The summed E-state index contributed by atoms with van der Waals surface area (Å²) in [5.41, 5.74) is 0.472. The van der Waals surface area contributed by atoms with E-state index in [1.807, 2.05) is 24.3 Å². The van der Waals surface area contributed by atoms with Crippen LogP contribution in [0.3, 0.4) is 0 Å². The second-order valence-corrected chi connectivity index (χ2v) is 6.85. The molecule has 21 heavy (non-hydrogen) atoms. The Hall–Kier alpha value is -1.18. The van der Waals surface area contributed by atoms with Crippen molar-refractivity contribution in [1.82, 2.24) is 5.32 Å². The van der Waals surface area contributed by atoms with Crippen molar-refractivity contribution >= 4 is 29.3 Å². The Kier molecular flexibility index (Phi) is 5.96. The number of thioether (sulfide) groups is 1. The van der Waals surface area contributed by atoms with E-state index in [2.05, 4.69) is 11.4 Å². The summed E-state index contributed by atoms with van der Waals surface area (Å²) in [5.74, 6) is 1.06. The van der Waals surface area contributed by atoms with Crippen molar-refractivity contribution in [3.8, 4) is 6.07 Å². The highest BCUT2D eigenvalue weighted by molar-refractivity contribution is 7.99. The molecule has 1 aromatic carbocycles. The van der Waals surface area contributed by atoms with Gasteiger partial charge in [-0.1, -0.05) is 43.0 Å². The van der Waals surface area contributed by atoms with E-state index in [9.17, 15) is 10.1 Å². The third-order valence-electron chi connectivity index (χ3n) is 3.69. The number of carbonyl (C=O) groups excluding carboxylic acids is 1. The molecule has 2 rings (SSSR count). The van der Waals surface area contributed by atoms with Gasteiger partial charge in [-0.05, 0) is 30.5 Å². The fraction of sp³-hybridized carbons (Fsp3) is 0.500. The minimum Gasteiger partial charge on any atom is -0.337 e. The first-order valence-corrected chi connectivity index (χ1v) is 8.71. The van der Waals surface area contributed by atoms with E-state index in [1.165, 1.54) is 0 Å². The lowest BCUT2D eigenvalue weighted by molar-refractivity contribution is -0.120. The smallest absolute Gasteiger partial charge is 0.231 e. The molecule has 112 valence electrons. The molecule has 0 saturated heterocycles. The lowest BCUT2D eigenvalue weighted by Gasteiger charge is -2.31. The monoisotopic (exact) mass is 322 g/mol. The van der Waals surface area contributed by atoms with Gasteiger partial charge in [0, 0.05) is 10.8 Å². The summed E-state index contributed by atoms with van der Waals surface area (Å²) < 4.78 is 0. The molecule has 0 atom stereocenters. The van der Waals surface area contributed by atoms with Crippen LogP contribution in [-0.4, -0.2) is 17.2 Å². The minimum atomic E-state index is -0.633. The van der Waals surface area contributed by atoms with Crippen LogP contribution < -0.4 is 5.32 Å². The van der Waals surface area contributed by atoms with E-state index in [0.717, 1.165) is 43.4 Å². The first-order chi connectivity index (χ1) is 10.1. The first kappa shape index (κ1) is 16.2. The normalized spacial score (nSPS) is 17.0. The van der Waals surface area contributed by atoms with Gasteiger partial charge in [0.25, 0.3) is 0 Å². The number of nitrogens with zero attached hydrogens (tertiary/aromatic N) is 1. The summed E-state index contributed by atoms with van der Waals surface area (Å²) in [5, 5.41) is 13.0. The van der Waals surface area contributed by atoms with Gasteiger partial charge in [0.05, 0.1) is 11.8 Å². The van der Waals surface area contributed by atoms with E-state index >= 15 is 0 Å². The Morgan fingerprint density at radius 1 is 1.38 bits per heavy atom. The maximum atomic E-state index is 12.0. The number of carbonyl (C=O) groups is 1. The molecule has 3 nitrogen and oxygen atoms in total. The van der Waals surface area contributed by atoms with Crippen LogP contribution >= 0.6 is 23.4 Å². The van der Waals surface area contributed by atoms with Crippen LogP contribution in [0.1, 0.15) is 37.7 Å². The molecular weight excluding hydrogens is 304 g/mol. The van der Waals surface area contributed by atoms with Gasteiger partial charge in [-0.2, -0.15) is 5.26 Å². The van der Waals surface area contributed by atoms with Crippen molar-refractivity contribution in [3.05, 3.63) is 34.9 Å². The quantitative estimate of drug-likeness (QED) is 0.894. The molecule has 0 spiro atoms. The molecule has 0 heterocycles. The summed E-state index contributed by atoms with van der Waals surface area (Å²) in [7, 11) is 0. The van der Waals surface area contributed by atoms with Crippen LogP contribution in [0.2, 0.25) is 5.02 Å². The van der Waals surface area contributed by atoms with Crippen molar-refractivity contribution in [1.29, 1.82) is 5.26 Å². The summed E-state index contributed by atoms with van der Waals surface area (Å²) in [6.45, 7) is 0. The van der Waals surface area contributed by atoms with Gasteiger partial charge < -0.3 is 5.32 Å². The first-order valence-electron chi connectivity index (χ1n) is 7.18. The molecule has 0 unspecified atom stereocenters. The Balaban J connectivity index is 1.78. The molecular formula is C16H19ClN2OS. The molecule has 1 saturated carbocycles. The topological polar surface area (TPSA) is 52.9 Å². The van der Waals surface area contributed by atoms with Gasteiger partial charge in [0.15, 0.2) is 0 Å². The van der Waals surface area contributed by atoms with Crippen molar-refractivity contribution in [3.63, 3.8) is 0 Å². The van der Waals surface area contributed by atoms with Crippen LogP contribution in [0.4, 0.5) is 0 Å². The summed E-state index contributed by atoms with van der Waals surface area (Å²) in [4.78, 5) is 12.0. The Morgan fingerprint density at radius 2 is 2.14 bits per heavy atom. The van der Waals surface area contributed by atoms with E-state index < -0.39 is 5.54 Å². The Morgan fingerprint density at radius 3 is 2.81 bits per heavy atom. The van der Waals surface area contributed by atoms with Gasteiger partial charge in [-0.3, -0.25) is 4.79 Å². The lowest BCUT2D eigenvalue weighted by atomic mass is 9.83. The fourth-order valence-corrected chi connectivity index (χ4v) is 3.60. The molecule has 0 aromatic heterocycles. The number of hydrogen-bond acceptors (Lipinski definition) is 3. The number of nitrogens with one attached hydrogen (secondary N) is 1. The third kappa shape index (κ3) is 4.94.